The van der Waals surface area contributed by atoms with Crippen LogP contribution in [-0.2, 0) is 4.79 Å². The van der Waals surface area contributed by atoms with Crippen LogP contribution < -0.4 is 0 Å². The molecular formula is C8H14O2S. The molecule has 0 aliphatic carbocycles. The van der Waals surface area contributed by atoms with Crippen LogP contribution >= 0.6 is 11.8 Å². The molecule has 0 unspecified atom stereocenters. The SMILES string of the molecule is CCSCC=C(CC)C(=O)O. The van der Waals surface area contributed by atoms with E-state index in [1.165, 1.54) is 0 Å². The summed E-state index contributed by atoms with van der Waals surface area (Å²) >= 11 is 1.73. The van der Waals surface area contributed by atoms with Crippen molar-refractivity contribution < 1.29 is 9.90 Å². The summed E-state index contributed by atoms with van der Waals surface area (Å²) in [7, 11) is 0. The Morgan fingerprint density at radius 2 is 2.18 bits per heavy atom. The van der Waals surface area contributed by atoms with Crippen molar-refractivity contribution in [3.05, 3.63) is 11.6 Å². The second kappa shape index (κ2) is 6.28. The van der Waals surface area contributed by atoms with Gasteiger partial charge in [0, 0.05) is 11.3 Å². The number of rotatable bonds is 5. The van der Waals surface area contributed by atoms with Gasteiger partial charge in [0.2, 0.25) is 0 Å². The summed E-state index contributed by atoms with van der Waals surface area (Å²) in [6.07, 6.45) is 2.40. The zero-order valence-corrected chi connectivity index (χ0v) is 7.78. The van der Waals surface area contributed by atoms with Gasteiger partial charge in [0.25, 0.3) is 0 Å². The largest absolute Gasteiger partial charge is 0.478 e. The molecule has 0 aliphatic heterocycles. The number of aliphatic carboxylic acids is 1. The van der Waals surface area contributed by atoms with E-state index in [1.54, 1.807) is 17.8 Å². The number of carboxylic acid groups (broad SMARTS) is 1. The first kappa shape index (κ1) is 10.6. The molecular weight excluding hydrogens is 160 g/mol. The molecule has 0 saturated carbocycles. The van der Waals surface area contributed by atoms with Crippen LogP contribution in [0.15, 0.2) is 11.6 Å². The van der Waals surface area contributed by atoms with E-state index in [-0.39, 0.29) is 0 Å². The number of thioether (sulfide) groups is 1. The second-order valence-electron chi connectivity index (χ2n) is 2.05. The Morgan fingerprint density at radius 3 is 2.55 bits per heavy atom. The van der Waals surface area contributed by atoms with E-state index in [1.807, 2.05) is 6.92 Å². The van der Waals surface area contributed by atoms with Crippen LogP contribution in [0.5, 0.6) is 0 Å². The summed E-state index contributed by atoms with van der Waals surface area (Å²) in [5.41, 5.74) is 0.519. The van der Waals surface area contributed by atoms with Gasteiger partial charge in [-0.05, 0) is 12.2 Å². The lowest BCUT2D eigenvalue weighted by molar-refractivity contribution is -0.132. The summed E-state index contributed by atoms with van der Waals surface area (Å²) in [6.45, 7) is 3.92. The molecule has 0 aromatic heterocycles. The predicted octanol–water partition coefficient (Wildman–Crippen LogP) is 2.16. The third-order valence-corrected chi connectivity index (χ3v) is 2.12. The van der Waals surface area contributed by atoms with E-state index in [4.69, 9.17) is 5.11 Å². The molecule has 0 saturated heterocycles. The summed E-state index contributed by atoms with van der Waals surface area (Å²) in [6, 6.07) is 0. The normalized spacial score (nSPS) is 11.6. The van der Waals surface area contributed by atoms with Gasteiger partial charge in [-0.1, -0.05) is 19.9 Å². The third kappa shape index (κ3) is 4.90. The van der Waals surface area contributed by atoms with Crippen molar-refractivity contribution in [3.8, 4) is 0 Å². The summed E-state index contributed by atoms with van der Waals surface area (Å²) in [4.78, 5) is 10.4. The Labute approximate surface area is 71.7 Å². The zero-order valence-electron chi connectivity index (χ0n) is 6.96. The van der Waals surface area contributed by atoms with Crippen molar-refractivity contribution in [2.45, 2.75) is 20.3 Å². The first-order valence-electron chi connectivity index (χ1n) is 3.72. The molecule has 0 bridgehead atoms. The van der Waals surface area contributed by atoms with Crippen molar-refractivity contribution in [2.24, 2.45) is 0 Å². The van der Waals surface area contributed by atoms with Gasteiger partial charge >= 0.3 is 5.97 Å². The topological polar surface area (TPSA) is 37.3 Å². The minimum Gasteiger partial charge on any atom is -0.478 e. The van der Waals surface area contributed by atoms with E-state index in [0.29, 0.717) is 12.0 Å². The Kier molecular flexibility index (Phi) is 6.03. The van der Waals surface area contributed by atoms with Crippen LogP contribution in [0.25, 0.3) is 0 Å². The van der Waals surface area contributed by atoms with Crippen LogP contribution in [-0.4, -0.2) is 22.6 Å². The number of hydrogen-bond acceptors (Lipinski definition) is 2. The van der Waals surface area contributed by atoms with Gasteiger partial charge in [-0.3, -0.25) is 0 Å². The van der Waals surface area contributed by atoms with Crippen molar-refractivity contribution >= 4 is 17.7 Å². The molecule has 0 spiro atoms. The number of carbonyl (C=O) groups is 1. The molecule has 0 aromatic carbocycles. The molecule has 0 amide bonds. The van der Waals surface area contributed by atoms with Crippen molar-refractivity contribution in [1.82, 2.24) is 0 Å². The average Bonchev–Trinajstić information content (AvgIpc) is 1.97. The van der Waals surface area contributed by atoms with Gasteiger partial charge in [0.15, 0.2) is 0 Å². The molecule has 0 aliphatic rings. The van der Waals surface area contributed by atoms with E-state index in [9.17, 15) is 4.79 Å². The minimum absolute atomic E-state index is 0.519. The molecule has 0 rings (SSSR count). The lowest BCUT2D eigenvalue weighted by Crippen LogP contribution is -1.99. The molecule has 1 N–H and O–H groups in total. The van der Waals surface area contributed by atoms with E-state index in [0.717, 1.165) is 11.5 Å². The molecule has 11 heavy (non-hydrogen) atoms. The molecule has 0 fully saturated rings. The fourth-order valence-electron chi connectivity index (χ4n) is 0.660. The fraction of sp³-hybridized carbons (Fsp3) is 0.625. The van der Waals surface area contributed by atoms with Gasteiger partial charge in [0.05, 0.1) is 0 Å². The fourth-order valence-corrected chi connectivity index (χ4v) is 1.21. The highest BCUT2D eigenvalue weighted by Gasteiger charge is 2.01. The Hall–Kier alpha value is -0.440. The molecule has 0 aromatic rings. The molecule has 0 radical (unpaired) electrons. The maximum atomic E-state index is 10.4. The first-order chi connectivity index (χ1) is 5.22. The van der Waals surface area contributed by atoms with Gasteiger partial charge in [0.1, 0.15) is 0 Å². The van der Waals surface area contributed by atoms with Crippen LogP contribution in [0.1, 0.15) is 20.3 Å². The quantitative estimate of drug-likeness (QED) is 0.512. The molecule has 0 atom stereocenters. The first-order valence-corrected chi connectivity index (χ1v) is 4.87. The van der Waals surface area contributed by atoms with Crippen molar-refractivity contribution in [1.29, 1.82) is 0 Å². The van der Waals surface area contributed by atoms with Crippen molar-refractivity contribution in [3.63, 3.8) is 0 Å². The molecule has 64 valence electrons. The van der Waals surface area contributed by atoms with Crippen molar-refractivity contribution in [2.75, 3.05) is 11.5 Å². The summed E-state index contributed by atoms with van der Waals surface area (Å²) in [5.74, 6) is 1.06. The van der Waals surface area contributed by atoms with Gasteiger partial charge in [-0.15, -0.1) is 0 Å². The smallest absolute Gasteiger partial charge is 0.331 e. The Bertz CT molecular complexity index is 152. The monoisotopic (exact) mass is 174 g/mol. The van der Waals surface area contributed by atoms with Gasteiger partial charge in [-0.2, -0.15) is 11.8 Å². The minimum atomic E-state index is -0.788. The average molecular weight is 174 g/mol. The summed E-state index contributed by atoms with van der Waals surface area (Å²) < 4.78 is 0. The highest BCUT2D eigenvalue weighted by molar-refractivity contribution is 7.99. The number of carboxylic acids is 1. The standard InChI is InChI=1S/C8H14O2S/c1-3-7(8(9)10)5-6-11-4-2/h5H,3-4,6H2,1-2H3,(H,9,10). The molecule has 3 heteroatoms. The highest BCUT2D eigenvalue weighted by Crippen LogP contribution is 2.05. The lowest BCUT2D eigenvalue weighted by atomic mass is 10.2. The van der Waals surface area contributed by atoms with Gasteiger partial charge < -0.3 is 5.11 Å². The van der Waals surface area contributed by atoms with Crippen LogP contribution in [0, 0.1) is 0 Å². The molecule has 2 nitrogen and oxygen atoms in total. The van der Waals surface area contributed by atoms with Gasteiger partial charge in [-0.25, -0.2) is 4.79 Å². The highest BCUT2D eigenvalue weighted by atomic mass is 32.2. The zero-order chi connectivity index (χ0) is 8.69. The molecule has 0 heterocycles. The summed E-state index contributed by atoms with van der Waals surface area (Å²) in [5, 5.41) is 8.60. The number of hydrogen-bond donors (Lipinski definition) is 1. The lowest BCUT2D eigenvalue weighted by Gasteiger charge is -1.96. The Balaban J connectivity index is 3.81. The maximum Gasteiger partial charge on any atom is 0.331 e. The maximum absolute atomic E-state index is 10.4. The van der Waals surface area contributed by atoms with Crippen LogP contribution in [0.2, 0.25) is 0 Å². The second-order valence-corrected chi connectivity index (χ2v) is 3.37. The third-order valence-electron chi connectivity index (χ3n) is 1.31. The predicted molar refractivity (Wildman–Crippen MR) is 49.0 cm³/mol. The van der Waals surface area contributed by atoms with Crippen LogP contribution in [0.3, 0.4) is 0 Å². The van der Waals surface area contributed by atoms with E-state index in [2.05, 4.69) is 6.92 Å². The van der Waals surface area contributed by atoms with E-state index < -0.39 is 5.97 Å². The Morgan fingerprint density at radius 1 is 1.55 bits per heavy atom. The van der Waals surface area contributed by atoms with Crippen LogP contribution in [0.4, 0.5) is 0 Å². The van der Waals surface area contributed by atoms with E-state index >= 15 is 0 Å².